The Balaban J connectivity index is 2.17. The molecule has 0 aliphatic heterocycles. The van der Waals surface area contributed by atoms with Gasteiger partial charge in [-0.3, -0.25) is 9.59 Å². The Bertz CT molecular complexity index is 908. The van der Waals surface area contributed by atoms with Crippen LogP contribution in [0.5, 0.6) is 0 Å². The lowest BCUT2D eigenvalue weighted by Gasteiger charge is -2.17. The van der Waals surface area contributed by atoms with Crippen LogP contribution in [0.1, 0.15) is 50.2 Å². The first-order valence-corrected chi connectivity index (χ1v) is 11.9. The van der Waals surface area contributed by atoms with Gasteiger partial charge in [-0.05, 0) is 55.7 Å². The third-order valence-corrected chi connectivity index (χ3v) is 8.27. The fourth-order valence-electron chi connectivity index (χ4n) is 2.81. The van der Waals surface area contributed by atoms with Crippen LogP contribution in [0.25, 0.3) is 0 Å². The number of rotatable bonds is 9. The van der Waals surface area contributed by atoms with Crippen LogP contribution in [0.15, 0.2) is 33.6 Å². The van der Waals surface area contributed by atoms with E-state index in [4.69, 9.17) is 0 Å². The predicted octanol–water partition coefficient (Wildman–Crippen LogP) is 6.60. The van der Waals surface area contributed by atoms with Gasteiger partial charge in [-0.2, -0.15) is 13.2 Å². The van der Waals surface area contributed by atoms with Crippen molar-refractivity contribution in [1.29, 1.82) is 0 Å². The third-order valence-electron chi connectivity index (χ3n) is 4.39. The number of benzene rings is 1. The summed E-state index contributed by atoms with van der Waals surface area (Å²) in [5, 5.41) is 2.18. The van der Waals surface area contributed by atoms with Crippen LogP contribution < -0.4 is 5.32 Å². The molecule has 1 heterocycles. The van der Waals surface area contributed by atoms with Crippen molar-refractivity contribution in [2.45, 2.75) is 49.4 Å². The smallest absolute Gasteiger partial charge is 0.389 e. The number of hydrogen-bond donors (Lipinski definition) is 1. The molecule has 0 radical (unpaired) electrons. The summed E-state index contributed by atoms with van der Waals surface area (Å²) in [6, 6.07) is 7.19. The Labute approximate surface area is 196 Å². The summed E-state index contributed by atoms with van der Waals surface area (Å²) in [5.74, 6) is -0.800. The number of methoxy groups -OCH3 is 1. The number of esters is 1. The molecule has 10 heteroatoms. The highest BCUT2D eigenvalue weighted by atomic mass is 79.9. The predicted molar refractivity (Wildman–Crippen MR) is 121 cm³/mol. The molecule has 0 saturated heterocycles. The summed E-state index contributed by atoms with van der Waals surface area (Å²) < 4.78 is 44.2. The van der Waals surface area contributed by atoms with Crippen molar-refractivity contribution in [2.24, 2.45) is 0 Å². The number of thioether (sulfide) groups is 1. The largest absolute Gasteiger partial charge is 0.469 e. The third kappa shape index (κ3) is 8.16. The monoisotopic (exact) mass is 537 g/mol. The molecule has 0 aliphatic carbocycles. The number of aryl methyl sites for hydroxylation is 2. The van der Waals surface area contributed by atoms with Crippen LogP contribution >= 0.6 is 39.0 Å². The maximum Gasteiger partial charge on any atom is 0.389 e. The Hall–Kier alpha value is -1.52. The topological polar surface area (TPSA) is 55.4 Å². The van der Waals surface area contributed by atoms with Gasteiger partial charge in [0.15, 0.2) is 0 Å². The van der Waals surface area contributed by atoms with E-state index in [9.17, 15) is 22.8 Å². The van der Waals surface area contributed by atoms with Gasteiger partial charge in [0.05, 0.1) is 18.4 Å². The molecular formula is C21H23BrF3NO3S2. The summed E-state index contributed by atoms with van der Waals surface area (Å²) in [7, 11) is 1.27. The minimum Gasteiger partial charge on any atom is -0.469 e. The minimum atomic E-state index is -4.25. The van der Waals surface area contributed by atoms with Gasteiger partial charge in [-0.25, -0.2) is 0 Å². The second-order valence-electron chi connectivity index (χ2n) is 6.92. The molecule has 2 aromatic rings. The van der Waals surface area contributed by atoms with Crippen LogP contribution in [-0.2, 0) is 9.53 Å². The standard InChI is InChI=1S/C21H23BrF3NO3S2/c1-12-10-14(11-13(2)19(12)22)30-16(6-8-21(23,24)25)15-4-5-17(31-15)20(28)26-9-7-18(27)29-3/h4-5,10-11,16H,6-9H2,1-3H3,(H,26,28)/t16-/m1/s1. The zero-order valence-electron chi connectivity index (χ0n) is 17.3. The molecule has 0 aliphatic rings. The SMILES string of the molecule is COC(=O)CCNC(=O)c1ccc([C@@H](CCC(F)(F)F)Sc2cc(C)c(Br)c(C)c2)s1. The summed E-state index contributed by atoms with van der Waals surface area (Å²) >= 11 is 6.04. The zero-order valence-corrected chi connectivity index (χ0v) is 20.5. The molecule has 0 bridgehead atoms. The van der Waals surface area contributed by atoms with E-state index in [0.717, 1.165) is 20.5 Å². The van der Waals surface area contributed by atoms with Crippen molar-refractivity contribution in [3.63, 3.8) is 0 Å². The molecule has 1 aromatic carbocycles. The molecule has 0 unspecified atom stereocenters. The highest BCUT2D eigenvalue weighted by Gasteiger charge is 2.30. The van der Waals surface area contributed by atoms with E-state index in [1.807, 2.05) is 26.0 Å². The number of hydrogen-bond acceptors (Lipinski definition) is 5. The second-order valence-corrected chi connectivity index (χ2v) is 10.1. The van der Waals surface area contributed by atoms with Gasteiger partial charge in [0.1, 0.15) is 0 Å². The average Bonchev–Trinajstić information content (AvgIpc) is 3.18. The van der Waals surface area contributed by atoms with Crippen molar-refractivity contribution < 1.29 is 27.5 Å². The highest BCUT2D eigenvalue weighted by Crippen LogP contribution is 2.44. The molecule has 0 fully saturated rings. The van der Waals surface area contributed by atoms with Crippen molar-refractivity contribution in [3.05, 3.63) is 49.6 Å². The lowest BCUT2D eigenvalue weighted by Crippen LogP contribution is -2.25. The van der Waals surface area contributed by atoms with Crippen molar-refractivity contribution in [1.82, 2.24) is 5.32 Å². The molecule has 0 spiro atoms. The van der Waals surface area contributed by atoms with E-state index in [1.54, 1.807) is 12.1 Å². The van der Waals surface area contributed by atoms with Crippen molar-refractivity contribution in [2.75, 3.05) is 13.7 Å². The Morgan fingerprint density at radius 2 is 1.87 bits per heavy atom. The van der Waals surface area contributed by atoms with Crippen LogP contribution in [-0.4, -0.2) is 31.7 Å². The van der Waals surface area contributed by atoms with E-state index >= 15 is 0 Å². The number of amides is 1. The zero-order chi connectivity index (χ0) is 23.2. The fraction of sp³-hybridized carbons (Fsp3) is 0.429. The molecule has 31 heavy (non-hydrogen) atoms. The van der Waals surface area contributed by atoms with Gasteiger partial charge in [-0.15, -0.1) is 23.1 Å². The molecule has 1 atom stereocenters. The fourth-order valence-corrected chi connectivity index (χ4v) is 5.51. The number of thiophene rings is 1. The number of alkyl halides is 3. The number of halogens is 4. The van der Waals surface area contributed by atoms with Crippen molar-refractivity contribution >= 4 is 50.9 Å². The molecule has 4 nitrogen and oxygen atoms in total. The first kappa shape index (κ1) is 25.7. The highest BCUT2D eigenvalue weighted by molar-refractivity contribution is 9.10. The maximum atomic E-state index is 12.9. The van der Waals surface area contributed by atoms with E-state index < -0.39 is 23.8 Å². The van der Waals surface area contributed by atoms with Gasteiger partial charge < -0.3 is 10.1 Å². The van der Waals surface area contributed by atoms with Gasteiger partial charge in [0.2, 0.25) is 0 Å². The Morgan fingerprint density at radius 3 is 2.45 bits per heavy atom. The van der Waals surface area contributed by atoms with E-state index in [2.05, 4.69) is 26.0 Å². The van der Waals surface area contributed by atoms with Crippen LogP contribution in [0.3, 0.4) is 0 Å². The van der Waals surface area contributed by atoms with Crippen molar-refractivity contribution in [3.8, 4) is 0 Å². The summed E-state index contributed by atoms with van der Waals surface area (Å²) in [5.41, 5.74) is 2.02. The first-order valence-electron chi connectivity index (χ1n) is 9.45. The molecule has 1 N–H and O–H groups in total. The van der Waals surface area contributed by atoms with Gasteiger partial charge >= 0.3 is 12.1 Å². The second kappa shape index (κ2) is 11.4. The van der Waals surface area contributed by atoms with E-state index in [0.29, 0.717) is 9.75 Å². The summed E-state index contributed by atoms with van der Waals surface area (Å²) in [4.78, 5) is 25.4. The number of nitrogens with one attached hydrogen (secondary N) is 1. The quantitative estimate of drug-likeness (QED) is 0.289. The average molecular weight is 538 g/mol. The van der Waals surface area contributed by atoms with Crippen LogP contribution in [0, 0.1) is 13.8 Å². The molecule has 1 aromatic heterocycles. The van der Waals surface area contributed by atoms with E-state index in [1.165, 1.54) is 30.2 Å². The lowest BCUT2D eigenvalue weighted by atomic mass is 10.2. The molecule has 0 saturated carbocycles. The summed E-state index contributed by atoms with van der Waals surface area (Å²) in [6.45, 7) is 4.00. The molecule has 1 amide bonds. The normalized spacial score (nSPS) is 12.5. The summed E-state index contributed by atoms with van der Waals surface area (Å²) in [6.07, 6.45) is -5.20. The van der Waals surface area contributed by atoms with Crippen LogP contribution in [0.2, 0.25) is 0 Å². The Morgan fingerprint density at radius 1 is 1.23 bits per heavy atom. The maximum absolute atomic E-state index is 12.9. The first-order chi connectivity index (χ1) is 14.5. The number of carbonyl (C=O) groups is 2. The van der Waals surface area contributed by atoms with Crippen LogP contribution in [0.4, 0.5) is 13.2 Å². The molecule has 2 rings (SSSR count). The van der Waals surface area contributed by atoms with Gasteiger partial charge in [-0.1, -0.05) is 15.9 Å². The van der Waals surface area contributed by atoms with E-state index in [-0.39, 0.29) is 25.3 Å². The Kier molecular flexibility index (Phi) is 9.45. The number of ether oxygens (including phenoxy) is 1. The minimum absolute atomic E-state index is 0.0484. The molecular weight excluding hydrogens is 515 g/mol. The van der Waals surface area contributed by atoms with Gasteiger partial charge in [0.25, 0.3) is 5.91 Å². The van der Waals surface area contributed by atoms with Gasteiger partial charge in [0, 0.05) is 32.5 Å². The molecule has 170 valence electrons. The number of carbonyl (C=O) groups excluding carboxylic acids is 2. The lowest BCUT2D eigenvalue weighted by molar-refractivity contribution is -0.140.